The summed E-state index contributed by atoms with van der Waals surface area (Å²) in [6, 6.07) is 8.39. The van der Waals surface area contributed by atoms with E-state index in [2.05, 4.69) is 27.5 Å². The fourth-order valence-electron chi connectivity index (χ4n) is 3.36. The molecule has 1 saturated heterocycles. The number of carbonyl (C=O) groups excluding carboxylic acids is 1. The molecule has 1 N–H and O–H groups in total. The third kappa shape index (κ3) is 4.39. The molecule has 2 aromatic rings. The summed E-state index contributed by atoms with van der Waals surface area (Å²) in [5.74, 6) is -0.231. The van der Waals surface area contributed by atoms with Gasteiger partial charge in [-0.25, -0.2) is 4.39 Å². The maximum Gasteiger partial charge on any atom is 0.226 e. The number of carbonyl (C=O) groups is 1. The van der Waals surface area contributed by atoms with Gasteiger partial charge in [-0.2, -0.15) is 10.2 Å². The van der Waals surface area contributed by atoms with Gasteiger partial charge in [0.25, 0.3) is 0 Å². The van der Waals surface area contributed by atoms with Crippen molar-refractivity contribution in [1.29, 1.82) is 0 Å². The first-order valence-corrected chi connectivity index (χ1v) is 8.54. The van der Waals surface area contributed by atoms with Crippen molar-refractivity contribution in [2.75, 3.05) is 20.1 Å². The Bertz CT molecular complexity index is 714. The minimum absolute atomic E-state index is 0.0293. The Hall–Kier alpha value is -2.34. The van der Waals surface area contributed by atoms with E-state index in [9.17, 15) is 9.18 Å². The molecule has 1 aromatic carbocycles. The number of nitrogens with zero attached hydrogens (tertiary/aromatic N) is 3. The Balaban J connectivity index is 1.75. The van der Waals surface area contributed by atoms with Gasteiger partial charge in [0, 0.05) is 12.7 Å². The third-order valence-corrected chi connectivity index (χ3v) is 4.96. The Kier molecular flexibility index (Phi) is 5.38. The van der Waals surface area contributed by atoms with Crippen molar-refractivity contribution < 1.29 is 9.18 Å². The van der Waals surface area contributed by atoms with Gasteiger partial charge < -0.3 is 10.2 Å². The molecule has 0 radical (unpaired) electrons. The maximum atomic E-state index is 13.6. The highest BCUT2D eigenvalue weighted by Gasteiger charge is 2.40. The molecule has 5 nitrogen and oxygen atoms in total. The number of likely N-dealkylation sites (tertiary alicyclic amines) is 1. The highest BCUT2D eigenvalue weighted by Crippen LogP contribution is 2.35. The molecule has 0 spiro atoms. The van der Waals surface area contributed by atoms with Crippen LogP contribution in [0, 0.1) is 11.2 Å². The lowest BCUT2D eigenvalue weighted by Gasteiger charge is -2.39. The molecular weight excluding hydrogens is 319 g/mol. The van der Waals surface area contributed by atoms with E-state index in [0.717, 1.165) is 37.1 Å². The molecule has 3 rings (SSSR count). The quantitative estimate of drug-likeness (QED) is 0.905. The number of piperidine rings is 1. The molecule has 0 bridgehead atoms. The summed E-state index contributed by atoms with van der Waals surface area (Å²) in [5.41, 5.74) is 1.28. The first kappa shape index (κ1) is 17.5. The lowest BCUT2D eigenvalue weighted by Crippen LogP contribution is -2.49. The number of halogens is 1. The van der Waals surface area contributed by atoms with Crippen molar-refractivity contribution in [3.8, 4) is 0 Å². The van der Waals surface area contributed by atoms with Crippen LogP contribution in [0.1, 0.15) is 24.0 Å². The average molecular weight is 342 g/mol. The Morgan fingerprint density at radius 1 is 1.24 bits per heavy atom. The van der Waals surface area contributed by atoms with Gasteiger partial charge in [-0.05, 0) is 68.7 Å². The number of aromatic nitrogens is 2. The van der Waals surface area contributed by atoms with E-state index in [-0.39, 0.29) is 11.7 Å². The summed E-state index contributed by atoms with van der Waals surface area (Å²) in [6.07, 6.45) is 5.34. The van der Waals surface area contributed by atoms with Gasteiger partial charge in [0.15, 0.2) is 0 Å². The molecule has 25 heavy (non-hydrogen) atoms. The fourth-order valence-corrected chi connectivity index (χ4v) is 3.36. The molecule has 1 amide bonds. The number of rotatable bonds is 5. The van der Waals surface area contributed by atoms with Crippen LogP contribution in [0.4, 0.5) is 4.39 Å². The highest BCUT2D eigenvalue weighted by atomic mass is 19.1. The van der Waals surface area contributed by atoms with E-state index in [1.54, 1.807) is 18.5 Å². The molecule has 0 atom stereocenters. The summed E-state index contributed by atoms with van der Waals surface area (Å²) in [4.78, 5) is 15.3. The van der Waals surface area contributed by atoms with Crippen LogP contribution >= 0.6 is 0 Å². The van der Waals surface area contributed by atoms with Crippen molar-refractivity contribution in [1.82, 2.24) is 20.4 Å². The molecular formula is C19H23FN4O. The van der Waals surface area contributed by atoms with Gasteiger partial charge >= 0.3 is 0 Å². The maximum absolute atomic E-state index is 13.6. The summed E-state index contributed by atoms with van der Waals surface area (Å²) >= 11 is 0. The van der Waals surface area contributed by atoms with E-state index in [1.165, 1.54) is 12.1 Å². The monoisotopic (exact) mass is 342 g/mol. The van der Waals surface area contributed by atoms with Crippen LogP contribution in [-0.4, -0.2) is 41.1 Å². The van der Waals surface area contributed by atoms with Gasteiger partial charge in [-0.15, -0.1) is 0 Å². The highest BCUT2D eigenvalue weighted by molar-refractivity contribution is 5.83. The van der Waals surface area contributed by atoms with Gasteiger partial charge in [-0.1, -0.05) is 12.1 Å². The van der Waals surface area contributed by atoms with E-state index in [0.29, 0.717) is 13.0 Å². The fraction of sp³-hybridized carbons (Fsp3) is 0.421. The molecule has 1 aromatic heterocycles. The van der Waals surface area contributed by atoms with Crippen molar-refractivity contribution in [3.05, 3.63) is 59.7 Å². The van der Waals surface area contributed by atoms with Crippen LogP contribution in [0.5, 0.6) is 0 Å². The Morgan fingerprint density at radius 2 is 2.04 bits per heavy atom. The molecule has 6 heteroatoms. The average Bonchev–Trinajstić information content (AvgIpc) is 2.63. The predicted molar refractivity (Wildman–Crippen MR) is 93.1 cm³/mol. The number of amides is 1. The van der Waals surface area contributed by atoms with Gasteiger partial charge in [0.1, 0.15) is 5.82 Å². The smallest absolute Gasteiger partial charge is 0.226 e. The number of hydrogen-bond acceptors (Lipinski definition) is 4. The zero-order valence-corrected chi connectivity index (χ0v) is 14.4. The second-order valence-electron chi connectivity index (χ2n) is 6.82. The SMILES string of the molecule is CN1CCC(Cc2cccc(F)c2)(C(=O)NCc2ccnnc2)CC1. The first-order valence-electron chi connectivity index (χ1n) is 8.54. The molecule has 1 fully saturated rings. The molecule has 1 aliphatic heterocycles. The van der Waals surface area contributed by atoms with Crippen molar-refractivity contribution in [2.45, 2.75) is 25.8 Å². The van der Waals surface area contributed by atoms with Gasteiger partial charge in [-0.3, -0.25) is 4.79 Å². The minimum atomic E-state index is -0.499. The van der Waals surface area contributed by atoms with E-state index in [1.807, 2.05) is 12.1 Å². The van der Waals surface area contributed by atoms with Crippen LogP contribution in [0.25, 0.3) is 0 Å². The Labute approximate surface area is 147 Å². The number of benzene rings is 1. The second-order valence-corrected chi connectivity index (χ2v) is 6.82. The zero-order valence-electron chi connectivity index (χ0n) is 14.4. The van der Waals surface area contributed by atoms with E-state index in [4.69, 9.17) is 0 Å². The van der Waals surface area contributed by atoms with Gasteiger partial charge in [0.05, 0.1) is 11.6 Å². The summed E-state index contributed by atoms with van der Waals surface area (Å²) in [7, 11) is 2.06. The summed E-state index contributed by atoms with van der Waals surface area (Å²) in [6.45, 7) is 2.15. The van der Waals surface area contributed by atoms with Crippen LogP contribution in [0.3, 0.4) is 0 Å². The lowest BCUT2D eigenvalue weighted by atomic mass is 9.73. The first-order chi connectivity index (χ1) is 12.1. The number of hydrogen-bond donors (Lipinski definition) is 1. The van der Waals surface area contributed by atoms with Crippen LogP contribution in [-0.2, 0) is 17.8 Å². The van der Waals surface area contributed by atoms with Crippen LogP contribution in [0.15, 0.2) is 42.7 Å². The van der Waals surface area contributed by atoms with Crippen LogP contribution in [0.2, 0.25) is 0 Å². The van der Waals surface area contributed by atoms with Crippen LogP contribution < -0.4 is 5.32 Å². The van der Waals surface area contributed by atoms with Crippen molar-refractivity contribution in [2.24, 2.45) is 5.41 Å². The van der Waals surface area contributed by atoms with Crippen molar-refractivity contribution >= 4 is 5.91 Å². The topological polar surface area (TPSA) is 58.1 Å². The predicted octanol–water partition coefficient (Wildman–Crippen LogP) is 2.19. The summed E-state index contributed by atoms with van der Waals surface area (Å²) < 4.78 is 13.6. The minimum Gasteiger partial charge on any atom is -0.351 e. The third-order valence-electron chi connectivity index (χ3n) is 4.96. The van der Waals surface area contributed by atoms with Gasteiger partial charge in [0.2, 0.25) is 5.91 Å². The zero-order chi connectivity index (χ0) is 17.7. The van der Waals surface area contributed by atoms with E-state index >= 15 is 0 Å². The van der Waals surface area contributed by atoms with E-state index < -0.39 is 5.41 Å². The second kappa shape index (κ2) is 7.70. The molecule has 1 aliphatic rings. The summed E-state index contributed by atoms with van der Waals surface area (Å²) in [5, 5.41) is 10.6. The number of nitrogens with one attached hydrogen (secondary N) is 1. The Morgan fingerprint density at radius 3 is 2.72 bits per heavy atom. The normalized spacial score (nSPS) is 17.2. The standard InChI is InChI=1S/C19H23FN4O/c1-24-9-6-19(7-10-24,12-15-3-2-4-17(20)11-15)18(25)21-13-16-5-8-22-23-14-16/h2-5,8,11,14H,6-7,9-10,12-13H2,1H3,(H,21,25). The largest absolute Gasteiger partial charge is 0.351 e. The molecule has 0 unspecified atom stereocenters. The van der Waals surface area contributed by atoms with Crippen molar-refractivity contribution in [3.63, 3.8) is 0 Å². The molecule has 0 saturated carbocycles. The molecule has 132 valence electrons. The lowest BCUT2D eigenvalue weighted by molar-refractivity contribution is -0.134. The molecule has 2 heterocycles. The molecule has 0 aliphatic carbocycles.